The van der Waals surface area contributed by atoms with Crippen LogP contribution in [0.4, 0.5) is 5.69 Å². The Balaban J connectivity index is 2.93. The average Bonchev–Trinajstić information content (AvgIpc) is 2.65. The predicted molar refractivity (Wildman–Crippen MR) is 98.3 cm³/mol. The number of nitriles is 1. The van der Waals surface area contributed by atoms with Crippen molar-refractivity contribution >= 4 is 17.6 Å². The van der Waals surface area contributed by atoms with Gasteiger partial charge in [0.2, 0.25) is 0 Å². The second-order valence-electron chi connectivity index (χ2n) is 5.50. The highest BCUT2D eigenvalue weighted by atomic mass is 16.5. The molecule has 0 saturated heterocycles. The predicted octanol–water partition coefficient (Wildman–Crippen LogP) is 2.30. The molecule has 0 radical (unpaired) electrons. The van der Waals surface area contributed by atoms with E-state index in [1.54, 1.807) is 29.2 Å². The number of carbonyl (C=O) groups excluding carboxylic acids is 2. The van der Waals surface area contributed by atoms with E-state index in [-0.39, 0.29) is 23.4 Å². The van der Waals surface area contributed by atoms with Crippen molar-refractivity contribution in [1.82, 2.24) is 4.90 Å². The number of aliphatic hydroxyl groups excluding tert-OH is 1. The minimum atomic E-state index is -0.627. The van der Waals surface area contributed by atoms with Crippen molar-refractivity contribution in [1.29, 1.82) is 5.26 Å². The third-order valence-electron chi connectivity index (χ3n) is 3.60. The first-order chi connectivity index (χ1) is 12.6. The summed E-state index contributed by atoms with van der Waals surface area (Å²) in [4.78, 5) is 26.2. The Bertz CT molecular complexity index is 680. The summed E-state index contributed by atoms with van der Waals surface area (Å²) in [5, 5.41) is 20.8. The molecule has 7 nitrogen and oxygen atoms in total. The summed E-state index contributed by atoms with van der Waals surface area (Å²) in [7, 11) is 0. The largest absolute Gasteiger partial charge is 0.462 e. The first-order valence-electron chi connectivity index (χ1n) is 8.61. The molecule has 0 heterocycles. The second kappa shape index (κ2) is 11.7. The minimum absolute atomic E-state index is 0.0862. The van der Waals surface area contributed by atoms with Crippen LogP contribution < -0.4 is 5.32 Å². The molecule has 2 N–H and O–H groups in total. The lowest BCUT2D eigenvalue weighted by molar-refractivity contribution is -0.112. The monoisotopic (exact) mass is 359 g/mol. The van der Waals surface area contributed by atoms with E-state index in [1.807, 2.05) is 19.9 Å². The number of anilines is 1. The fourth-order valence-corrected chi connectivity index (χ4v) is 2.11. The lowest BCUT2D eigenvalue weighted by atomic mass is 10.1. The van der Waals surface area contributed by atoms with Gasteiger partial charge in [0, 0.05) is 19.3 Å². The summed E-state index contributed by atoms with van der Waals surface area (Å²) >= 11 is 0. The van der Waals surface area contributed by atoms with Crippen molar-refractivity contribution in [2.45, 2.75) is 26.7 Å². The Morgan fingerprint density at radius 3 is 2.69 bits per heavy atom. The summed E-state index contributed by atoms with van der Waals surface area (Å²) in [6.45, 7) is 4.92. The van der Waals surface area contributed by atoms with E-state index in [2.05, 4.69) is 5.32 Å². The van der Waals surface area contributed by atoms with Gasteiger partial charge in [-0.3, -0.25) is 4.79 Å². The van der Waals surface area contributed by atoms with Gasteiger partial charge in [-0.15, -0.1) is 0 Å². The molecule has 0 aliphatic carbocycles. The lowest BCUT2D eigenvalue weighted by Gasteiger charge is -2.17. The number of amides is 1. The van der Waals surface area contributed by atoms with Crippen molar-refractivity contribution in [2.75, 3.05) is 31.6 Å². The highest BCUT2D eigenvalue weighted by molar-refractivity contribution is 6.09. The summed E-state index contributed by atoms with van der Waals surface area (Å²) < 4.78 is 5.19. The molecular formula is C19H25N3O4. The van der Waals surface area contributed by atoms with Crippen LogP contribution in [0.5, 0.6) is 0 Å². The molecule has 0 bridgehead atoms. The smallest absolute Gasteiger partial charge is 0.340 e. The van der Waals surface area contributed by atoms with Gasteiger partial charge in [0.05, 0.1) is 24.5 Å². The molecule has 0 unspecified atom stereocenters. The topological polar surface area (TPSA) is 103 Å². The first kappa shape index (κ1) is 21.2. The number of ether oxygens (including phenoxy) is 1. The van der Waals surface area contributed by atoms with Gasteiger partial charge in [-0.1, -0.05) is 25.5 Å². The number of esters is 1. The first-order valence-corrected chi connectivity index (χ1v) is 8.61. The molecule has 1 rings (SSSR count). The van der Waals surface area contributed by atoms with Crippen LogP contribution >= 0.6 is 0 Å². The van der Waals surface area contributed by atoms with Gasteiger partial charge in [0.1, 0.15) is 11.6 Å². The third kappa shape index (κ3) is 6.57. The highest BCUT2D eigenvalue weighted by Crippen LogP contribution is 2.17. The zero-order valence-electron chi connectivity index (χ0n) is 15.2. The molecule has 0 fully saturated rings. The van der Waals surface area contributed by atoms with Crippen molar-refractivity contribution in [3.8, 4) is 6.07 Å². The van der Waals surface area contributed by atoms with E-state index in [0.29, 0.717) is 19.7 Å². The maximum Gasteiger partial charge on any atom is 0.340 e. The molecule has 0 aliphatic rings. The number of benzene rings is 1. The molecule has 1 amide bonds. The summed E-state index contributed by atoms with van der Waals surface area (Å²) in [5.74, 6) is -1.15. The van der Waals surface area contributed by atoms with Crippen LogP contribution in [0.3, 0.4) is 0 Å². The van der Waals surface area contributed by atoms with Gasteiger partial charge in [-0.2, -0.15) is 5.26 Å². The van der Waals surface area contributed by atoms with Crippen LogP contribution in [-0.2, 0) is 9.53 Å². The highest BCUT2D eigenvalue weighted by Gasteiger charge is 2.17. The number of hydrogen-bond donors (Lipinski definition) is 2. The number of likely N-dealkylation sites (N-methyl/N-ethyl adjacent to an activating group) is 1. The molecule has 26 heavy (non-hydrogen) atoms. The van der Waals surface area contributed by atoms with Gasteiger partial charge in [-0.25, -0.2) is 4.79 Å². The van der Waals surface area contributed by atoms with Crippen molar-refractivity contribution in [3.05, 3.63) is 41.6 Å². The zero-order valence-corrected chi connectivity index (χ0v) is 15.2. The Labute approximate surface area is 153 Å². The summed E-state index contributed by atoms with van der Waals surface area (Å²) in [6, 6.07) is 8.34. The summed E-state index contributed by atoms with van der Waals surface area (Å²) in [6.07, 6.45) is 3.07. The number of rotatable bonds is 10. The van der Waals surface area contributed by atoms with Gasteiger partial charge < -0.3 is 20.1 Å². The van der Waals surface area contributed by atoms with Gasteiger partial charge in [-0.05, 0) is 25.5 Å². The number of aliphatic hydroxyl groups is 1. The molecule has 0 atom stereocenters. The van der Waals surface area contributed by atoms with Crippen LogP contribution in [0.15, 0.2) is 36.0 Å². The molecule has 1 aromatic rings. The second-order valence-corrected chi connectivity index (χ2v) is 5.50. The number of unbranched alkanes of at least 4 members (excludes halogenated alkanes) is 1. The number of carbonyl (C=O) groups is 2. The average molecular weight is 359 g/mol. The molecule has 7 heteroatoms. The van der Waals surface area contributed by atoms with Crippen LogP contribution in [0.25, 0.3) is 0 Å². The Kier molecular flexibility index (Phi) is 9.50. The normalized spacial score (nSPS) is 10.8. The quantitative estimate of drug-likeness (QED) is 0.288. The zero-order chi connectivity index (χ0) is 19.4. The van der Waals surface area contributed by atoms with E-state index in [9.17, 15) is 14.9 Å². The number of para-hydroxylation sites is 1. The van der Waals surface area contributed by atoms with E-state index in [0.717, 1.165) is 12.8 Å². The standard InChI is InChI=1S/C19H25N3O4/c1-3-5-12-26-19(25)16-8-6-7-9-17(16)21-18(24)15(13-20)14-22(4-2)10-11-23/h6-9,14,23H,3-5,10-12H2,1-2H3,(H,21,24)/b15-14-. The molecule has 0 aromatic heterocycles. The maximum atomic E-state index is 12.4. The van der Waals surface area contributed by atoms with Gasteiger partial charge >= 0.3 is 5.97 Å². The van der Waals surface area contributed by atoms with E-state index in [1.165, 1.54) is 6.20 Å². The number of nitrogens with zero attached hydrogens (tertiary/aromatic N) is 2. The van der Waals surface area contributed by atoms with E-state index < -0.39 is 11.9 Å². The molecule has 0 saturated carbocycles. The van der Waals surface area contributed by atoms with Crippen molar-refractivity contribution in [2.24, 2.45) is 0 Å². The maximum absolute atomic E-state index is 12.4. The molecule has 140 valence electrons. The molecule has 0 aliphatic heterocycles. The van der Waals surface area contributed by atoms with E-state index in [4.69, 9.17) is 9.84 Å². The Hall–Kier alpha value is -2.85. The van der Waals surface area contributed by atoms with Crippen molar-refractivity contribution < 1.29 is 19.4 Å². The number of nitrogens with one attached hydrogen (secondary N) is 1. The van der Waals surface area contributed by atoms with Crippen LogP contribution in [-0.4, -0.2) is 48.2 Å². The van der Waals surface area contributed by atoms with Crippen LogP contribution in [0, 0.1) is 11.3 Å². The molecule has 0 spiro atoms. The van der Waals surface area contributed by atoms with E-state index >= 15 is 0 Å². The summed E-state index contributed by atoms with van der Waals surface area (Å²) in [5.41, 5.74) is 0.400. The van der Waals surface area contributed by atoms with Crippen LogP contribution in [0.1, 0.15) is 37.0 Å². The third-order valence-corrected chi connectivity index (χ3v) is 3.60. The Morgan fingerprint density at radius 2 is 2.08 bits per heavy atom. The fraction of sp³-hybridized carbons (Fsp3) is 0.421. The lowest BCUT2D eigenvalue weighted by Crippen LogP contribution is -2.24. The van der Waals surface area contributed by atoms with Gasteiger partial charge in [0.25, 0.3) is 5.91 Å². The van der Waals surface area contributed by atoms with Crippen LogP contribution in [0.2, 0.25) is 0 Å². The number of hydrogen-bond acceptors (Lipinski definition) is 6. The molecular weight excluding hydrogens is 334 g/mol. The Morgan fingerprint density at radius 1 is 1.35 bits per heavy atom. The van der Waals surface area contributed by atoms with Crippen molar-refractivity contribution in [3.63, 3.8) is 0 Å². The molecule has 1 aromatic carbocycles. The van der Waals surface area contributed by atoms with Gasteiger partial charge in [0.15, 0.2) is 0 Å². The fourth-order valence-electron chi connectivity index (χ4n) is 2.11. The minimum Gasteiger partial charge on any atom is -0.462 e. The SMILES string of the molecule is CCCCOC(=O)c1ccccc1NC(=O)/C(C#N)=C\N(CC)CCO.